The van der Waals surface area contributed by atoms with Crippen LogP contribution >= 0.6 is 0 Å². The molecule has 34 heavy (non-hydrogen) atoms. The molecule has 1 aliphatic rings. The maximum absolute atomic E-state index is 12.7. The van der Waals surface area contributed by atoms with E-state index >= 15 is 0 Å². The number of amides is 1. The van der Waals surface area contributed by atoms with E-state index in [9.17, 15) is 9.59 Å². The molecule has 0 spiro atoms. The lowest BCUT2D eigenvalue weighted by molar-refractivity contribution is -0.147. The Balaban J connectivity index is 1.35. The van der Waals surface area contributed by atoms with Crippen molar-refractivity contribution in [2.24, 2.45) is 0 Å². The van der Waals surface area contributed by atoms with Gasteiger partial charge in [0.15, 0.2) is 0 Å². The number of aryl methyl sites for hydroxylation is 1. The van der Waals surface area contributed by atoms with Crippen molar-refractivity contribution in [1.29, 1.82) is 0 Å². The number of fused-ring (bicyclic) bond motifs is 1. The van der Waals surface area contributed by atoms with Crippen LogP contribution in [0, 0.1) is 6.92 Å². The van der Waals surface area contributed by atoms with Crippen LogP contribution < -0.4 is 10.1 Å². The van der Waals surface area contributed by atoms with Gasteiger partial charge in [-0.3, -0.25) is 14.5 Å². The van der Waals surface area contributed by atoms with Crippen molar-refractivity contribution in [3.05, 3.63) is 77.4 Å². The van der Waals surface area contributed by atoms with Gasteiger partial charge in [-0.2, -0.15) is 0 Å². The predicted molar refractivity (Wildman–Crippen MR) is 133 cm³/mol. The quantitative estimate of drug-likeness (QED) is 0.502. The van der Waals surface area contributed by atoms with E-state index in [1.807, 2.05) is 12.1 Å². The number of hydrogen-bond acceptors (Lipinski definition) is 5. The molecule has 0 unspecified atom stereocenters. The van der Waals surface area contributed by atoms with E-state index in [-0.39, 0.29) is 18.4 Å². The van der Waals surface area contributed by atoms with Crippen molar-refractivity contribution < 1.29 is 19.1 Å². The number of ether oxygens (including phenoxy) is 2. The first-order valence-electron chi connectivity index (χ1n) is 11.9. The fourth-order valence-corrected chi connectivity index (χ4v) is 4.52. The molecule has 1 aliphatic heterocycles. The Morgan fingerprint density at radius 2 is 1.65 bits per heavy atom. The van der Waals surface area contributed by atoms with Gasteiger partial charge in [0.1, 0.15) is 18.4 Å². The summed E-state index contributed by atoms with van der Waals surface area (Å²) in [5, 5.41) is 5.31. The third-order valence-electron chi connectivity index (χ3n) is 6.50. The summed E-state index contributed by atoms with van der Waals surface area (Å²) in [7, 11) is 1.39. The lowest BCUT2D eigenvalue weighted by atomic mass is 10.0. The van der Waals surface area contributed by atoms with Gasteiger partial charge < -0.3 is 14.8 Å². The molecule has 3 aromatic carbocycles. The molecule has 0 radical (unpaired) electrons. The molecule has 0 aliphatic carbocycles. The molecule has 6 heteroatoms. The molecule has 0 saturated carbocycles. The molecule has 178 valence electrons. The molecule has 1 saturated heterocycles. The van der Waals surface area contributed by atoms with Crippen LogP contribution in [0.1, 0.15) is 40.7 Å². The van der Waals surface area contributed by atoms with Crippen molar-refractivity contribution in [3.8, 4) is 5.75 Å². The number of benzene rings is 3. The van der Waals surface area contributed by atoms with E-state index < -0.39 is 6.04 Å². The van der Waals surface area contributed by atoms with Gasteiger partial charge in [-0.05, 0) is 79.0 Å². The van der Waals surface area contributed by atoms with Crippen molar-refractivity contribution in [2.75, 3.05) is 26.7 Å². The van der Waals surface area contributed by atoms with E-state index in [1.54, 1.807) is 24.3 Å². The average Bonchev–Trinajstić information content (AvgIpc) is 2.89. The Hall–Kier alpha value is -3.38. The SMILES string of the molecule is COC(=O)[C@H](CNC(=O)c1ccc(OCc2ccc(C)c3ccccc23)cc1)N1CCCCC1. The minimum Gasteiger partial charge on any atom is -0.489 e. The summed E-state index contributed by atoms with van der Waals surface area (Å²) in [4.78, 5) is 27.1. The number of carbonyl (C=O) groups excluding carboxylic acids is 2. The second-order valence-electron chi connectivity index (χ2n) is 8.75. The Morgan fingerprint density at radius 1 is 0.941 bits per heavy atom. The van der Waals surface area contributed by atoms with E-state index in [0.29, 0.717) is 17.9 Å². The maximum atomic E-state index is 12.7. The minimum atomic E-state index is -0.457. The van der Waals surface area contributed by atoms with Crippen molar-refractivity contribution in [2.45, 2.75) is 38.8 Å². The van der Waals surface area contributed by atoms with Gasteiger partial charge in [-0.1, -0.05) is 42.8 Å². The molecule has 1 fully saturated rings. The second-order valence-corrected chi connectivity index (χ2v) is 8.75. The fraction of sp³-hybridized carbons (Fsp3) is 0.357. The smallest absolute Gasteiger partial charge is 0.324 e. The highest BCUT2D eigenvalue weighted by molar-refractivity contribution is 5.94. The van der Waals surface area contributed by atoms with Gasteiger partial charge >= 0.3 is 5.97 Å². The summed E-state index contributed by atoms with van der Waals surface area (Å²) in [6.45, 7) is 4.47. The molecule has 4 rings (SSSR count). The van der Waals surface area contributed by atoms with Gasteiger partial charge in [-0.15, -0.1) is 0 Å². The summed E-state index contributed by atoms with van der Waals surface area (Å²) in [5.41, 5.74) is 2.88. The number of carbonyl (C=O) groups is 2. The minimum absolute atomic E-state index is 0.220. The molecule has 6 nitrogen and oxygen atoms in total. The zero-order valence-electron chi connectivity index (χ0n) is 19.9. The van der Waals surface area contributed by atoms with Crippen molar-refractivity contribution in [1.82, 2.24) is 10.2 Å². The van der Waals surface area contributed by atoms with E-state index in [2.05, 4.69) is 41.4 Å². The molecule has 1 amide bonds. The van der Waals surface area contributed by atoms with Gasteiger partial charge in [0, 0.05) is 12.1 Å². The van der Waals surface area contributed by atoms with E-state index in [1.165, 1.54) is 29.9 Å². The van der Waals surface area contributed by atoms with Crippen LogP contribution in [0.5, 0.6) is 5.75 Å². The number of piperidine rings is 1. The first-order chi connectivity index (χ1) is 16.6. The Morgan fingerprint density at radius 3 is 2.35 bits per heavy atom. The lowest BCUT2D eigenvalue weighted by Crippen LogP contribution is -2.50. The van der Waals surface area contributed by atoms with Gasteiger partial charge in [0.05, 0.1) is 7.11 Å². The largest absolute Gasteiger partial charge is 0.489 e. The predicted octanol–water partition coefficient (Wildman–Crippen LogP) is 4.48. The zero-order chi connectivity index (χ0) is 23.9. The molecular weight excluding hydrogens is 428 g/mol. The maximum Gasteiger partial charge on any atom is 0.324 e. The standard InChI is InChI=1S/C28H32N2O4/c1-20-10-11-22(25-9-5-4-8-24(20)25)19-34-23-14-12-21(13-15-23)27(31)29-18-26(28(32)33-2)30-16-6-3-7-17-30/h4-5,8-15,26H,3,6-7,16-19H2,1-2H3,(H,29,31)/t26-/m0/s1. The van der Waals surface area contributed by atoms with Gasteiger partial charge in [0.25, 0.3) is 5.91 Å². The highest BCUT2D eigenvalue weighted by atomic mass is 16.5. The summed E-state index contributed by atoms with van der Waals surface area (Å²) in [6.07, 6.45) is 3.29. The van der Waals surface area contributed by atoms with Crippen LogP contribution in [-0.4, -0.2) is 49.6 Å². The topological polar surface area (TPSA) is 67.9 Å². The highest BCUT2D eigenvalue weighted by Crippen LogP contribution is 2.24. The third kappa shape index (κ3) is 5.57. The first kappa shape index (κ1) is 23.8. The molecular formula is C28H32N2O4. The van der Waals surface area contributed by atoms with Gasteiger partial charge in [0.2, 0.25) is 0 Å². The van der Waals surface area contributed by atoms with Crippen LogP contribution in [0.15, 0.2) is 60.7 Å². The van der Waals surface area contributed by atoms with Crippen molar-refractivity contribution in [3.63, 3.8) is 0 Å². The van der Waals surface area contributed by atoms with Crippen LogP contribution in [0.2, 0.25) is 0 Å². The van der Waals surface area contributed by atoms with Crippen LogP contribution in [0.25, 0.3) is 10.8 Å². The number of likely N-dealkylation sites (tertiary alicyclic amines) is 1. The number of methoxy groups -OCH3 is 1. The summed E-state index contributed by atoms with van der Waals surface area (Å²) in [5.74, 6) is 0.165. The summed E-state index contributed by atoms with van der Waals surface area (Å²) in [6, 6.07) is 19.1. The summed E-state index contributed by atoms with van der Waals surface area (Å²) < 4.78 is 11.0. The second kappa shape index (κ2) is 11.2. The molecule has 1 atom stereocenters. The normalized spacial score (nSPS) is 15.0. The van der Waals surface area contributed by atoms with Gasteiger partial charge in [-0.25, -0.2) is 0 Å². The molecule has 1 heterocycles. The number of nitrogens with zero attached hydrogens (tertiary/aromatic N) is 1. The van der Waals surface area contributed by atoms with Crippen LogP contribution in [0.3, 0.4) is 0 Å². The van der Waals surface area contributed by atoms with Crippen molar-refractivity contribution >= 4 is 22.6 Å². The summed E-state index contributed by atoms with van der Waals surface area (Å²) >= 11 is 0. The number of rotatable bonds is 8. The van der Waals surface area contributed by atoms with Crippen LogP contribution in [0.4, 0.5) is 0 Å². The number of esters is 1. The number of hydrogen-bond donors (Lipinski definition) is 1. The van der Waals surface area contributed by atoms with E-state index in [0.717, 1.165) is 31.5 Å². The zero-order valence-corrected chi connectivity index (χ0v) is 19.9. The molecule has 1 N–H and O–H groups in total. The Labute approximate surface area is 200 Å². The highest BCUT2D eigenvalue weighted by Gasteiger charge is 2.28. The third-order valence-corrected chi connectivity index (χ3v) is 6.50. The molecule has 3 aromatic rings. The average molecular weight is 461 g/mol. The molecule has 0 aromatic heterocycles. The number of nitrogens with one attached hydrogen (secondary N) is 1. The lowest BCUT2D eigenvalue weighted by Gasteiger charge is -2.32. The Bertz CT molecular complexity index is 1140. The van der Waals surface area contributed by atoms with Crippen LogP contribution in [-0.2, 0) is 16.1 Å². The Kier molecular flexibility index (Phi) is 7.80. The first-order valence-corrected chi connectivity index (χ1v) is 11.9. The van der Waals surface area contributed by atoms with E-state index in [4.69, 9.17) is 9.47 Å². The monoisotopic (exact) mass is 460 g/mol. The molecule has 0 bridgehead atoms. The fourth-order valence-electron chi connectivity index (χ4n) is 4.52.